The van der Waals surface area contributed by atoms with Crippen LogP contribution >= 0.6 is 0 Å². The average Bonchev–Trinajstić information content (AvgIpc) is 2.29. The Labute approximate surface area is 90.3 Å². The summed E-state index contributed by atoms with van der Waals surface area (Å²) in [4.78, 5) is 2.22. The molecule has 15 heavy (non-hydrogen) atoms. The van der Waals surface area contributed by atoms with Crippen molar-refractivity contribution < 1.29 is 9.84 Å². The predicted molar refractivity (Wildman–Crippen MR) is 60.2 cm³/mol. The maximum atomic E-state index is 9.27. The fourth-order valence-corrected chi connectivity index (χ4v) is 1.95. The highest BCUT2D eigenvalue weighted by Gasteiger charge is 2.22. The van der Waals surface area contributed by atoms with E-state index in [1.165, 1.54) is 11.3 Å². The molecule has 1 aromatic carbocycles. The largest absolute Gasteiger partial charge is 0.394 e. The van der Waals surface area contributed by atoms with Gasteiger partial charge in [0, 0.05) is 12.2 Å². The van der Waals surface area contributed by atoms with Gasteiger partial charge in [-0.25, -0.2) is 0 Å². The van der Waals surface area contributed by atoms with E-state index < -0.39 is 0 Å². The summed E-state index contributed by atoms with van der Waals surface area (Å²) in [5, 5.41) is 9.27. The van der Waals surface area contributed by atoms with E-state index in [4.69, 9.17) is 4.74 Å². The fourth-order valence-electron chi connectivity index (χ4n) is 1.95. The number of aliphatic hydroxyl groups excluding tert-OH is 1. The number of hydrogen-bond donors (Lipinski definition) is 1. The quantitative estimate of drug-likeness (QED) is 0.790. The van der Waals surface area contributed by atoms with Crippen LogP contribution in [0.3, 0.4) is 0 Å². The van der Waals surface area contributed by atoms with Crippen molar-refractivity contribution in [3.8, 4) is 0 Å². The molecule has 82 valence electrons. The molecule has 1 heterocycles. The highest BCUT2D eigenvalue weighted by Crippen LogP contribution is 2.20. The van der Waals surface area contributed by atoms with E-state index in [0.717, 1.165) is 13.2 Å². The van der Waals surface area contributed by atoms with Crippen LogP contribution in [0.2, 0.25) is 0 Å². The lowest BCUT2D eigenvalue weighted by atomic mass is 10.1. The molecule has 0 amide bonds. The van der Waals surface area contributed by atoms with Crippen LogP contribution in [0.4, 0.5) is 5.69 Å². The number of rotatable bonds is 2. The molecule has 1 aromatic rings. The molecule has 0 radical (unpaired) electrons. The number of hydrogen-bond acceptors (Lipinski definition) is 3. The number of aryl methyl sites for hydroxylation is 1. The van der Waals surface area contributed by atoms with Gasteiger partial charge in [-0.05, 0) is 24.6 Å². The first-order valence-corrected chi connectivity index (χ1v) is 5.33. The topological polar surface area (TPSA) is 32.7 Å². The summed E-state index contributed by atoms with van der Waals surface area (Å²) in [5.41, 5.74) is 2.42. The third-order valence-electron chi connectivity index (χ3n) is 2.77. The first-order valence-electron chi connectivity index (χ1n) is 5.33. The monoisotopic (exact) mass is 207 g/mol. The van der Waals surface area contributed by atoms with Gasteiger partial charge >= 0.3 is 0 Å². The summed E-state index contributed by atoms with van der Waals surface area (Å²) >= 11 is 0. The average molecular weight is 207 g/mol. The van der Waals surface area contributed by atoms with E-state index in [9.17, 15) is 5.11 Å². The Kier molecular flexibility index (Phi) is 3.23. The maximum absolute atomic E-state index is 9.27. The standard InChI is InChI=1S/C12H17NO2/c1-10-3-2-4-11(7-10)13-5-6-15-9-12(13)8-14/h2-4,7,12,14H,5-6,8-9H2,1H3. The van der Waals surface area contributed by atoms with Crippen LogP contribution in [-0.2, 0) is 4.74 Å². The molecule has 1 fully saturated rings. The molecule has 1 atom stereocenters. The van der Waals surface area contributed by atoms with Crippen molar-refractivity contribution in [3.63, 3.8) is 0 Å². The van der Waals surface area contributed by atoms with Crippen molar-refractivity contribution in [1.82, 2.24) is 0 Å². The number of anilines is 1. The summed E-state index contributed by atoms with van der Waals surface area (Å²) in [7, 11) is 0. The van der Waals surface area contributed by atoms with Gasteiger partial charge in [0.05, 0.1) is 25.9 Å². The Morgan fingerprint density at radius 3 is 3.13 bits per heavy atom. The second-order valence-electron chi connectivity index (χ2n) is 3.94. The van der Waals surface area contributed by atoms with Gasteiger partial charge in [0.1, 0.15) is 0 Å². The number of ether oxygens (including phenoxy) is 1. The number of nitrogens with zero attached hydrogens (tertiary/aromatic N) is 1. The zero-order valence-corrected chi connectivity index (χ0v) is 9.02. The summed E-state index contributed by atoms with van der Waals surface area (Å²) in [5.74, 6) is 0. The van der Waals surface area contributed by atoms with Gasteiger partial charge in [0.2, 0.25) is 0 Å². The number of morpholine rings is 1. The zero-order chi connectivity index (χ0) is 10.7. The third-order valence-corrected chi connectivity index (χ3v) is 2.77. The number of aliphatic hydroxyl groups is 1. The predicted octanol–water partition coefficient (Wildman–Crippen LogP) is 1.19. The van der Waals surface area contributed by atoms with E-state index >= 15 is 0 Å². The smallest absolute Gasteiger partial charge is 0.0755 e. The lowest BCUT2D eigenvalue weighted by molar-refractivity contribution is 0.0727. The molecule has 1 aliphatic heterocycles. The SMILES string of the molecule is Cc1cccc(N2CCOCC2CO)c1. The molecule has 3 nitrogen and oxygen atoms in total. The lowest BCUT2D eigenvalue weighted by Gasteiger charge is -2.36. The van der Waals surface area contributed by atoms with Crippen LogP contribution in [0.5, 0.6) is 0 Å². The van der Waals surface area contributed by atoms with Crippen molar-refractivity contribution in [2.24, 2.45) is 0 Å². The minimum atomic E-state index is 0.0977. The van der Waals surface area contributed by atoms with Gasteiger partial charge < -0.3 is 14.7 Å². The molecule has 0 saturated carbocycles. The van der Waals surface area contributed by atoms with E-state index in [1.54, 1.807) is 0 Å². The van der Waals surface area contributed by atoms with Crippen molar-refractivity contribution >= 4 is 5.69 Å². The molecule has 2 rings (SSSR count). The molecular weight excluding hydrogens is 190 g/mol. The molecule has 1 unspecified atom stereocenters. The van der Waals surface area contributed by atoms with Crippen molar-refractivity contribution in [2.75, 3.05) is 31.3 Å². The summed E-state index contributed by atoms with van der Waals surface area (Å²) < 4.78 is 5.35. The molecule has 1 saturated heterocycles. The molecule has 0 aromatic heterocycles. The fraction of sp³-hybridized carbons (Fsp3) is 0.500. The highest BCUT2D eigenvalue weighted by atomic mass is 16.5. The Bertz CT molecular complexity index is 327. The van der Waals surface area contributed by atoms with Crippen molar-refractivity contribution in [2.45, 2.75) is 13.0 Å². The van der Waals surface area contributed by atoms with Crippen LogP contribution in [0.1, 0.15) is 5.56 Å². The Hall–Kier alpha value is -1.06. The van der Waals surface area contributed by atoms with E-state index in [1.807, 2.05) is 0 Å². The van der Waals surface area contributed by atoms with Gasteiger partial charge in [0.25, 0.3) is 0 Å². The molecule has 1 N–H and O–H groups in total. The normalized spacial score (nSPS) is 21.7. The van der Waals surface area contributed by atoms with Gasteiger partial charge in [0.15, 0.2) is 0 Å². The van der Waals surface area contributed by atoms with Crippen molar-refractivity contribution in [1.29, 1.82) is 0 Å². The lowest BCUT2D eigenvalue weighted by Crippen LogP contribution is -2.47. The molecule has 0 spiro atoms. The second-order valence-corrected chi connectivity index (χ2v) is 3.94. The van der Waals surface area contributed by atoms with E-state index in [0.29, 0.717) is 6.61 Å². The summed E-state index contributed by atoms with van der Waals surface area (Å²) in [6.45, 7) is 4.44. The van der Waals surface area contributed by atoms with Crippen LogP contribution in [0.25, 0.3) is 0 Å². The maximum Gasteiger partial charge on any atom is 0.0755 e. The van der Waals surface area contributed by atoms with Gasteiger partial charge in [-0.15, -0.1) is 0 Å². The van der Waals surface area contributed by atoms with Crippen molar-refractivity contribution in [3.05, 3.63) is 29.8 Å². The first-order chi connectivity index (χ1) is 7.31. The first kappa shape index (κ1) is 10.5. The van der Waals surface area contributed by atoms with Crippen LogP contribution in [0.15, 0.2) is 24.3 Å². The Balaban J connectivity index is 2.20. The highest BCUT2D eigenvalue weighted by molar-refractivity contribution is 5.49. The van der Waals surface area contributed by atoms with E-state index in [-0.39, 0.29) is 12.6 Å². The van der Waals surface area contributed by atoms with Gasteiger partial charge in [-0.2, -0.15) is 0 Å². The molecular formula is C12H17NO2. The minimum Gasteiger partial charge on any atom is -0.394 e. The Morgan fingerprint density at radius 1 is 1.53 bits per heavy atom. The van der Waals surface area contributed by atoms with E-state index in [2.05, 4.69) is 36.1 Å². The van der Waals surface area contributed by atoms with Crippen LogP contribution < -0.4 is 4.90 Å². The second kappa shape index (κ2) is 4.64. The summed E-state index contributed by atoms with van der Waals surface area (Å²) in [6.07, 6.45) is 0. The van der Waals surface area contributed by atoms with Gasteiger partial charge in [-0.1, -0.05) is 12.1 Å². The van der Waals surface area contributed by atoms with Crippen LogP contribution in [0, 0.1) is 6.92 Å². The Morgan fingerprint density at radius 2 is 2.40 bits per heavy atom. The molecule has 0 bridgehead atoms. The van der Waals surface area contributed by atoms with Gasteiger partial charge in [-0.3, -0.25) is 0 Å². The summed E-state index contributed by atoms with van der Waals surface area (Å²) in [6, 6.07) is 8.46. The molecule has 1 aliphatic rings. The molecule has 0 aliphatic carbocycles. The van der Waals surface area contributed by atoms with Crippen LogP contribution in [-0.4, -0.2) is 37.5 Å². The zero-order valence-electron chi connectivity index (χ0n) is 9.02. The number of benzene rings is 1. The molecule has 3 heteroatoms. The third kappa shape index (κ3) is 2.30. The minimum absolute atomic E-state index is 0.0977.